The van der Waals surface area contributed by atoms with E-state index >= 15 is 0 Å². The number of aryl methyl sites for hydroxylation is 1. The molecule has 1 aromatic carbocycles. The zero-order valence-electron chi connectivity index (χ0n) is 13.9. The molecule has 1 aliphatic carbocycles. The van der Waals surface area contributed by atoms with Crippen molar-refractivity contribution in [1.82, 2.24) is 4.90 Å². The van der Waals surface area contributed by atoms with Gasteiger partial charge in [-0.2, -0.15) is 0 Å². The van der Waals surface area contributed by atoms with Crippen LogP contribution in [0.15, 0.2) is 18.2 Å². The number of benzene rings is 1. The van der Waals surface area contributed by atoms with Crippen molar-refractivity contribution in [2.24, 2.45) is 0 Å². The van der Waals surface area contributed by atoms with Gasteiger partial charge in [0, 0.05) is 0 Å². The Morgan fingerprint density at radius 3 is 2.62 bits per heavy atom. The summed E-state index contributed by atoms with van der Waals surface area (Å²) in [4.78, 5) is 2.31. The Morgan fingerprint density at radius 2 is 2.00 bits per heavy atom. The fourth-order valence-corrected chi connectivity index (χ4v) is 3.71. The molecule has 3 heteroatoms. The third kappa shape index (κ3) is 4.14. The van der Waals surface area contributed by atoms with Gasteiger partial charge < -0.3 is 9.64 Å². The first kappa shape index (κ1) is 18.3. The minimum Gasteiger partial charge on any atom is -0.497 e. The maximum absolute atomic E-state index is 5.47. The van der Waals surface area contributed by atoms with Crippen molar-refractivity contribution < 1.29 is 4.74 Å². The van der Waals surface area contributed by atoms with E-state index in [4.69, 9.17) is 4.74 Å². The van der Waals surface area contributed by atoms with Gasteiger partial charge in [-0.05, 0) is 81.4 Å². The predicted molar refractivity (Wildman–Crippen MR) is 92.9 cm³/mol. The smallest absolute Gasteiger partial charge is 0.119 e. The summed E-state index contributed by atoms with van der Waals surface area (Å²) in [6.07, 6.45) is 7.69. The van der Waals surface area contributed by atoms with Crippen LogP contribution in [0.1, 0.15) is 50.2 Å². The normalized spacial score (nSPS) is 20.8. The maximum Gasteiger partial charge on any atom is 0.119 e. The van der Waals surface area contributed by atoms with Crippen LogP contribution in [-0.2, 0) is 11.8 Å². The first-order valence-corrected chi connectivity index (χ1v) is 7.93. The molecule has 0 spiro atoms. The van der Waals surface area contributed by atoms with E-state index in [9.17, 15) is 0 Å². The van der Waals surface area contributed by atoms with Gasteiger partial charge in [-0.3, -0.25) is 0 Å². The Hall–Kier alpha value is -0.730. The molecule has 0 fully saturated rings. The number of methoxy groups -OCH3 is 1. The molecule has 120 valence electrons. The van der Waals surface area contributed by atoms with Crippen molar-refractivity contribution in [3.63, 3.8) is 0 Å². The molecular formula is C18H30ClNO. The molecule has 1 aromatic rings. The molecule has 0 bridgehead atoms. The second-order valence-corrected chi connectivity index (χ2v) is 6.46. The summed E-state index contributed by atoms with van der Waals surface area (Å²) in [7, 11) is 6.12. The molecule has 0 heterocycles. The average Bonchev–Trinajstić information content (AvgIpc) is 2.45. The largest absolute Gasteiger partial charge is 0.497 e. The number of hydrogen-bond donors (Lipinski definition) is 0. The summed E-state index contributed by atoms with van der Waals surface area (Å²) in [6, 6.07) is 6.71. The fraction of sp³-hybridized carbons (Fsp3) is 0.667. The van der Waals surface area contributed by atoms with E-state index in [1.165, 1.54) is 38.5 Å². The van der Waals surface area contributed by atoms with Crippen LogP contribution < -0.4 is 4.74 Å². The molecule has 0 amide bonds. The van der Waals surface area contributed by atoms with E-state index in [1.54, 1.807) is 18.2 Å². The molecule has 0 aromatic heterocycles. The van der Waals surface area contributed by atoms with Crippen LogP contribution in [0.5, 0.6) is 5.75 Å². The van der Waals surface area contributed by atoms with Crippen LogP contribution >= 0.6 is 12.4 Å². The summed E-state index contributed by atoms with van der Waals surface area (Å²) < 4.78 is 5.47. The Morgan fingerprint density at radius 1 is 1.24 bits per heavy atom. The van der Waals surface area contributed by atoms with E-state index in [-0.39, 0.29) is 12.4 Å². The predicted octanol–water partition coefficient (Wildman–Crippen LogP) is 4.44. The molecule has 2 rings (SSSR count). The van der Waals surface area contributed by atoms with E-state index in [0.717, 1.165) is 12.3 Å². The number of fused-ring (bicyclic) bond motifs is 1. The summed E-state index contributed by atoms with van der Waals surface area (Å²) in [5.74, 6) is 1.01. The number of hydrogen-bond acceptors (Lipinski definition) is 2. The van der Waals surface area contributed by atoms with Crippen molar-refractivity contribution in [1.29, 1.82) is 0 Å². The second-order valence-electron chi connectivity index (χ2n) is 6.46. The van der Waals surface area contributed by atoms with Gasteiger partial charge in [0.25, 0.3) is 0 Å². The second kappa shape index (κ2) is 8.05. The molecule has 0 saturated heterocycles. The van der Waals surface area contributed by atoms with Gasteiger partial charge in [-0.15, -0.1) is 12.4 Å². The summed E-state index contributed by atoms with van der Waals surface area (Å²) >= 11 is 0. The van der Waals surface area contributed by atoms with Crippen LogP contribution in [0.2, 0.25) is 0 Å². The van der Waals surface area contributed by atoms with Crippen LogP contribution in [0.3, 0.4) is 0 Å². The lowest BCUT2D eigenvalue weighted by Gasteiger charge is -2.40. The molecule has 1 unspecified atom stereocenters. The van der Waals surface area contributed by atoms with Gasteiger partial charge in [0.05, 0.1) is 7.11 Å². The highest BCUT2D eigenvalue weighted by molar-refractivity contribution is 5.85. The lowest BCUT2D eigenvalue weighted by molar-refractivity contribution is 0.263. The van der Waals surface area contributed by atoms with Crippen molar-refractivity contribution in [2.45, 2.75) is 50.9 Å². The molecule has 0 saturated carbocycles. The molecule has 0 radical (unpaired) electrons. The van der Waals surface area contributed by atoms with Gasteiger partial charge in [-0.25, -0.2) is 0 Å². The van der Waals surface area contributed by atoms with Crippen LogP contribution in [0.25, 0.3) is 0 Å². The first-order chi connectivity index (χ1) is 9.61. The van der Waals surface area contributed by atoms with Gasteiger partial charge in [-0.1, -0.05) is 19.4 Å². The molecule has 1 aliphatic rings. The molecule has 21 heavy (non-hydrogen) atoms. The Bertz CT molecular complexity index is 447. The summed E-state index contributed by atoms with van der Waals surface area (Å²) in [5, 5.41) is 0. The monoisotopic (exact) mass is 311 g/mol. The van der Waals surface area contributed by atoms with Crippen LogP contribution in [0.4, 0.5) is 0 Å². The highest BCUT2D eigenvalue weighted by atomic mass is 35.5. The minimum absolute atomic E-state index is 0. The van der Waals surface area contributed by atoms with Crippen molar-refractivity contribution in [2.75, 3.05) is 27.7 Å². The summed E-state index contributed by atoms with van der Waals surface area (Å²) in [6.45, 7) is 3.47. The number of ether oxygens (including phenoxy) is 1. The molecule has 2 nitrogen and oxygen atoms in total. The van der Waals surface area contributed by atoms with Gasteiger partial charge in [0.1, 0.15) is 5.75 Å². The average molecular weight is 312 g/mol. The fourth-order valence-electron chi connectivity index (χ4n) is 3.71. The van der Waals surface area contributed by atoms with Crippen LogP contribution in [0, 0.1) is 0 Å². The number of rotatable bonds is 6. The molecular weight excluding hydrogens is 282 g/mol. The third-order valence-corrected chi connectivity index (χ3v) is 4.76. The van der Waals surface area contributed by atoms with E-state index in [1.807, 2.05) is 0 Å². The Labute approximate surface area is 136 Å². The van der Waals surface area contributed by atoms with Gasteiger partial charge >= 0.3 is 0 Å². The minimum atomic E-state index is 0. The molecule has 0 N–H and O–H groups in total. The summed E-state index contributed by atoms with van der Waals surface area (Å²) in [5.41, 5.74) is 3.47. The SMILES string of the molecule is CCCC1(CCN(C)C)CCCc2ccc(OC)cc21.Cl. The standard InChI is InChI=1S/C18H29NO.ClH/c1-5-10-18(12-13-19(2)3)11-6-7-15-8-9-16(20-4)14-17(15)18;/h8-9,14H,5-7,10-13H2,1-4H3;1H. The number of halogens is 1. The Balaban J connectivity index is 0.00000220. The van der Waals surface area contributed by atoms with E-state index in [0.29, 0.717) is 5.41 Å². The quantitative estimate of drug-likeness (QED) is 0.770. The topological polar surface area (TPSA) is 12.5 Å². The lowest BCUT2D eigenvalue weighted by atomic mass is 9.65. The van der Waals surface area contributed by atoms with Crippen molar-refractivity contribution >= 4 is 12.4 Å². The zero-order valence-corrected chi connectivity index (χ0v) is 14.8. The van der Waals surface area contributed by atoms with Crippen molar-refractivity contribution in [3.8, 4) is 5.75 Å². The first-order valence-electron chi connectivity index (χ1n) is 7.93. The molecule has 0 aliphatic heterocycles. The number of nitrogens with zero attached hydrogens (tertiary/aromatic N) is 1. The highest BCUT2D eigenvalue weighted by Crippen LogP contribution is 2.44. The third-order valence-electron chi connectivity index (χ3n) is 4.76. The Kier molecular flexibility index (Phi) is 7.02. The zero-order chi connectivity index (χ0) is 14.6. The molecule has 1 atom stereocenters. The van der Waals surface area contributed by atoms with E-state index < -0.39 is 0 Å². The maximum atomic E-state index is 5.47. The van der Waals surface area contributed by atoms with E-state index in [2.05, 4.69) is 44.1 Å². The van der Waals surface area contributed by atoms with Crippen molar-refractivity contribution in [3.05, 3.63) is 29.3 Å². The lowest BCUT2D eigenvalue weighted by Crippen LogP contribution is -2.34. The van der Waals surface area contributed by atoms with Gasteiger partial charge in [0.15, 0.2) is 0 Å². The van der Waals surface area contributed by atoms with Gasteiger partial charge in [0.2, 0.25) is 0 Å². The van der Waals surface area contributed by atoms with Crippen LogP contribution in [-0.4, -0.2) is 32.6 Å². The highest BCUT2D eigenvalue weighted by Gasteiger charge is 2.35.